The third-order valence-corrected chi connectivity index (χ3v) is 3.54. The number of ether oxygens (including phenoxy) is 3. The number of rotatable bonds is 6. The molecule has 2 rings (SSSR count). The fourth-order valence-electron chi connectivity index (χ4n) is 2.24. The minimum Gasteiger partial charge on any atom is -0.482 e. The second-order valence-corrected chi connectivity index (χ2v) is 7.17. The van der Waals surface area contributed by atoms with Crippen molar-refractivity contribution in [2.45, 2.75) is 26.4 Å². The molecule has 0 aliphatic rings. The molecule has 2 aromatic rings. The molecular weight excluding hydrogens is 395 g/mol. The number of halogens is 1. The van der Waals surface area contributed by atoms with E-state index in [9.17, 15) is 18.8 Å². The first kappa shape index (κ1) is 22.7. The van der Waals surface area contributed by atoms with Crippen LogP contribution in [-0.4, -0.2) is 37.3 Å². The van der Waals surface area contributed by atoms with Gasteiger partial charge < -0.3 is 19.5 Å². The van der Waals surface area contributed by atoms with E-state index in [1.54, 1.807) is 39.0 Å². The summed E-state index contributed by atoms with van der Waals surface area (Å²) in [5.41, 5.74) is -0.373. The summed E-state index contributed by atoms with van der Waals surface area (Å²) in [6, 6.07) is 9.89. The average Bonchev–Trinajstić information content (AvgIpc) is 2.67. The van der Waals surface area contributed by atoms with Crippen LogP contribution in [0.25, 0.3) is 0 Å². The van der Waals surface area contributed by atoms with Gasteiger partial charge in [0, 0.05) is 11.3 Å². The smallest absolute Gasteiger partial charge is 0.412 e. The Bertz CT molecular complexity index is 939. The lowest BCUT2D eigenvalue weighted by Gasteiger charge is -2.20. The van der Waals surface area contributed by atoms with Crippen molar-refractivity contribution in [2.24, 2.45) is 0 Å². The minimum absolute atomic E-state index is 0.141. The van der Waals surface area contributed by atoms with E-state index in [4.69, 9.17) is 9.47 Å². The number of carbonyl (C=O) groups excluding carboxylic acids is 3. The van der Waals surface area contributed by atoms with Crippen LogP contribution in [0.15, 0.2) is 42.5 Å². The first-order valence-corrected chi connectivity index (χ1v) is 8.98. The first-order chi connectivity index (χ1) is 14.1. The number of hydrogen-bond donors (Lipinski definition) is 2. The van der Waals surface area contributed by atoms with Gasteiger partial charge in [-0.15, -0.1) is 0 Å². The molecule has 0 radical (unpaired) electrons. The molecule has 0 unspecified atom stereocenters. The van der Waals surface area contributed by atoms with Gasteiger partial charge in [0.25, 0.3) is 5.91 Å². The molecule has 0 heterocycles. The topological polar surface area (TPSA) is 103 Å². The monoisotopic (exact) mass is 418 g/mol. The number of methoxy groups -OCH3 is 1. The number of benzene rings is 2. The molecule has 8 nitrogen and oxygen atoms in total. The van der Waals surface area contributed by atoms with Crippen LogP contribution in [-0.2, 0) is 14.3 Å². The molecule has 0 bridgehead atoms. The quantitative estimate of drug-likeness (QED) is 0.688. The van der Waals surface area contributed by atoms with E-state index >= 15 is 0 Å². The van der Waals surface area contributed by atoms with Crippen molar-refractivity contribution in [3.63, 3.8) is 0 Å². The van der Waals surface area contributed by atoms with Gasteiger partial charge in [0.2, 0.25) is 0 Å². The Labute approximate surface area is 173 Å². The Kier molecular flexibility index (Phi) is 7.35. The Morgan fingerprint density at radius 3 is 2.43 bits per heavy atom. The number of nitrogens with one attached hydrogen (secondary N) is 2. The Balaban J connectivity index is 2.08. The molecule has 2 aromatic carbocycles. The maximum Gasteiger partial charge on any atom is 0.412 e. The van der Waals surface area contributed by atoms with E-state index in [1.165, 1.54) is 25.3 Å². The van der Waals surface area contributed by atoms with Crippen LogP contribution >= 0.6 is 0 Å². The van der Waals surface area contributed by atoms with Crippen molar-refractivity contribution in [1.82, 2.24) is 0 Å². The molecule has 2 N–H and O–H groups in total. The van der Waals surface area contributed by atoms with Crippen LogP contribution in [0.4, 0.5) is 20.6 Å². The number of anilines is 2. The lowest BCUT2D eigenvalue weighted by molar-refractivity contribution is -0.142. The molecule has 0 aliphatic carbocycles. The highest BCUT2D eigenvalue weighted by Gasteiger charge is 2.18. The van der Waals surface area contributed by atoms with E-state index in [0.29, 0.717) is 5.75 Å². The first-order valence-electron chi connectivity index (χ1n) is 8.98. The van der Waals surface area contributed by atoms with E-state index in [1.807, 2.05) is 0 Å². The summed E-state index contributed by atoms with van der Waals surface area (Å²) in [6.07, 6.45) is -0.819. The normalized spacial score (nSPS) is 10.7. The fourth-order valence-corrected chi connectivity index (χ4v) is 2.24. The van der Waals surface area contributed by atoms with Crippen LogP contribution in [0.2, 0.25) is 0 Å². The second kappa shape index (κ2) is 9.73. The minimum atomic E-state index is -0.819. The highest BCUT2D eigenvalue weighted by molar-refractivity contribution is 6.04. The van der Waals surface area contributed by atoms with Gasteiger partial charge in [0.15, 0.2) is 6.61 Å². The van der Waals surface area contributed by atoms with E-state index in [0.717, 1.165) is 6.07 Å². The van der Waals surface area contributed by atoms with Crippen LogP contribution in [0.3, 0.4) is 0 Å². The van der Waals surface area contributed by atoms with Crippen molar-refractivity contribution >= 4 is 29.3 Å². The lowest BCUT2D eigenvalue weighted by Crippen LogP contribution is -2.27. The molecular formula is C21H23FN2O6. The van der Waals surface area contributed by atoms with Crippen molar-refractivity contribution < 1.29 is 33.0 Å². The molecule has 160 valence electrons. The predicted octanol–water partition coefficient (Wildman–Crippen LogP) is 3.98. The molecule has 0 aliphatic heterocycles. The van der Waals surface area contributed by atoms with Crippen LogP contribution in [0.5, 0.6) is 5.75 Å². The summed E-state index contributed by atoms with van der Waals surface area (Å²) >= 11 is 0. The summed E-state index contributed by atoms with van der Waals surface area (Å²) in [7, 11) is 1.24. The molecule has 0 atom stereocenters. The van der Waals surface area contributed by atoms with Crippen molar-refractivity contribution in [3.05, 3.63) is 53.8 Å². The lowest BCUT2D eigenvalue weighted by atomic mass is 10.2. The number of amides is 2. The zero-order valence-corrected chi connectivity index (χ0v) is 17.1. The van der Waals surface area contributed by atoms with Crippen molar-refractivity contribution in [2.75, 3.05) is 24.4 Å². The van der Waals surface area contributed by atoms with Gasteiger partial charge in [0.1, 0.15) is 17.2 Å². The largest absolute Gasteiger partial charge is 0.482 e. The highest BCUT2D eigenvalue weighted by atomic mass is 19.1. The molecule has 9 heteroatoms. The molecule has 0 saturated carbocycles. The molecule has 0 fully saturated rings. The third-order valence-electron chi connectivity index (χ3n) is 3.54. The summed E-state index contributed by atoms with van der Waals surface area (Å²) in [6.45, 7) is 4.76. The summed E-state index contributed by atoms with van der Waals surface area (Å²) in [4.78, 5) is 35.5. The number of carbonyl (C=O) groups is 3. The van der Waals surface area contributed by atoms with Gasteiger partial charge >= 0.3 is 12.1 Å². The molecule has 30 heavy (non-hydrogen) atoms. The van der Waals surface area contributed by atoms with Gasteiger partial charge in [-0.05, 0) is 57.2 Å². The fraction of sp³-hybridized carbons (Fsp3) is 0.286. The molecule has 0 spiro atoms. The maximum atomic E-state index is 14.0. The standard InChI is InChI=1S/C21H23FN2O6/c1-21(2,3)30-20(27)24-17-11-14(8-9-16(17)22)23-19(26)13-6-5-7-15(10-13)29-12-18(25)28-4/h5-11H,12H2,1-4H3,(H,23,26)(H,24,27). The zero-order chi connectivity index (χ0) is 22.3. The summed E-state index contributed by atoms with van der Waals surface area (Å²) in [5, 5.41) is 4.92. The second-order valence-electron chi connectivity index (χ2n) is 7.17. The molecule has 0 saturated heterocycles. The van der Waals surface area contributed by atoms with Gasteiger partial charge in [-0.3, -0.25) is 10.1 Å². The zero-order valence-electron chi connectivity index (χ0n) is 17.1. The number of hydrogen-bond acceptors (Lipinski definition) is 6. The van der Waals surface area contributed by atoms with Gasteiger partial charge in [0.05, 0.1) is 12.8 Å². The van der Waals surface area contributed by atoms with E-state index < -0.39 is 29.4 Å². The summed E-state index contributed by atoms with van der Waals surface area (Å²) < 4.78 is 28.9. The Morgan fingerprint density at radius 2 is 1.77 bits per heavy atom. The van der Waals surface area contributed by atoms with Crippen molar-refractivity contribution in [3.8, 4) is 5.75 Å². The maximum absolute atomic E-state index is 14.0. The van der Waals surface area contributed by atoms with Crippen molar-refractivity contribution in [1.29, 1.82) is 0 Å². The Hall–Kier alpha value is -3.62. The van der Waals surface area contributed by atoms with E-state index in [-0.39, 0.29) is 23.5 Å². The van der Waals surface area contributed by atoms with Gasteiger partial charge in [-0.25, -0.2) is 14.0 Å². The number of esters is 1. The van der Waals surface area contributed by atoms with Gasteiger partial charge in [-0.2, -0.15) is 0 Å². The third kappa shape index (κ3) is 7.08. The predicted molar refractivity (Wildman–Crippen MR) is 108 cm³/mol. The average molecular weight is 418 g/mol. The highest BCUT2D eigenvalue weighted by Crippen LogP contribution is 2.22. The molecule has 0 aromatic heterocycles. The molecule has 2 amide bonds. The van der Waals surface area contributed by atoms with Crippen LogP contribution in [0.1, 0.15) is 31.1 Å². The summed E-state index contributed by atoms with van der Waals surface area (Å²) in [5.74, 6) is -1.42. The Morgan fingerprint density at radius 1 is 1.03 bits per heavy atom. The van der Waals surface area contributed by atoms with Crippen LogP contribution in [0, 0.1) is 5.82 Å². The van der Waals surface area contributed by atoms with Gasteiger partial charge in [-0.1, -0.05) is 6.07 Å². The van der Waals surface area contributed by atoms with E-state index in [2.05, 4.69) is 15.4 Å². The SMILES string of the molecule is COC(=O)COc1cccc(C(=O)Nc2ccc(F)c(NC(=O)OC(C)(C)C)c2)c1. The van der Waals surface area contributed by atoms with Crippen LogP contribution < -0.4 is 15.4 Å².